The average molecular weight is 894 g/mol. The van der Waals surface area contributed by atoms with Crippen molar-refractivity contribution in [2.75, 3.05) is 4.90 Å². The summed E-state index contributed by atoms with van der Waals surface area (Å²) >= 11 is 0. The summed E-state index contributed by atoms with van der Waals surface area (Å²) in [6, 6.07) is 74.5. The Morgan fingerprint density at radius 2 is 0.855 bits per heavy atom. The highest BCUT2D eigenvalue weighted by atomic mass is 16.3. The number of nitrogens with zero attached hydrogens (tertiary/aromatic N) is 1. The Morgan fingerprint density at radius 3 is 1.45 bits per heavy atom. The summed E-state index contributed by atoms with van der Waals surface area (Å²) in [6.07, 6.45) is 9.23. The number of benzene rings is 9. The van der Waals surface area contributed by atoms with E-state index < -0.39 is 0 Å². The maximum Gasteiger partial charge on any atom is 0.119 e. The van der Waals surface area contributed by atoms with E-state index in [2.05, 4.69) is 258 Å². The highest BCUT2D eigenvalue weighted by Gasteiger charge is 2.52. The number of aromatic hydroxyl groups is 1. The van der Waals surface area contributed by atoms with E-state index in [4.69, 9.17) is 0 Å². The van der Waals surface area contributed by atoms with Gasteiger partial charge in [-0.3, -0.25) is 0 Å². The summed E-state index contributed by atoms with van der Waals surface area (Å²) in [5.74, 6) is 1.16. The van der Waals surface area contributed by atoms with E-state index in [0.29, 0.717) is 17.6 Å². The van der Waals surface area contributed by atoms with E-state index in [1.54, 1.807) is 0 Å². The molecule has 0 saturated carbocycles. The van der Waals surface area contributed by atoms with Crippen LogP contribution < -0.4 is 4.90 Å². The zero-order valence-corrected chi connectivity index (χ0v) is 40.5. The predicted octanol–water partition coefficient (Wildman–Crippen LogP) is 17.6. The standard InChI is InChI=1S/C41H37NO.C26H22/c1-27-11-17-35(18-12-27)42(36-19-13-33(14-20-36)32-9-7-6-8-10-32)37-21-15-34(16-22-37)38-25-39(29(3)23-28(38)2)40-26-41(43)31(5)24-30(40)4;1-19-16-17-23-22-14-8-9-15-24(22)26(25(23)18-19,20-10-4-2-5-11-20)21-12-6-3-7-13-21/h6-26,43H,1-5H3;2-18,22,24H,1H3. The quantitative estimate of drug-likeness (QED) is 0.164. The lowest BCUT2D eigenvalue weighted by molar-refractivity contribution is 0.456. The lowest BCUT2D eigenvalue weighted by atomic mass is 9.63. The van der Waals surface area contributed by atoms with Gasteiger partial charge < -0.3 is 10.0 Å². The Labute approximate surface area is 409 Å². The fourth-order valence-corrected chi connectivity index (χ4v) is 11.0. The number of fused-ring (bicyclic) bond motifs is 3. The summed E-state index contributed by atoms with van der Waals surface area (Å²) < 4.78 is 0. The number of phenols is 1. The minimum absolute atomic E-state index is 0.143. The van der Waals surface area contributed by atoms with Gasteiger partial charge in [0.1, 0.15) is 5.75 Å². The van der Waals surface area contributed by atoms with Crippen LogP contribution in [0.2, 0.25) is 0 Å². The van der Waals surface area contributed by atoms with Gasteiger partial charge in [-0.1, -0.05) is 193 Å². The fourth-order valence-electron chi connectivity index (χ4n) is 11.0. The molecule has 338 valence electrons. The smallest absolute Gasteiger partial charge is 0.119 e. The first kappa shape index (κ1) is 44.9. The number of anilines is 3. The number of hydrogen-bond donors (Lipinski definition) is 1. The third-order valence-corrected chi connectivity index (χ3v) is 14.5. The van der Waals surface area contributed by atoms with Crippen molar-refractivity contribution >= 4 is 17.1 Å². The Bertz CT molecular complexity index is 3270. The van der Waals surface area contributed by atoms with Crippen molar-refractivity contribution in [1.82, 2.24) is 0 Å². The summed E-state index contributed by atoms with van der Waals surface area (Å²) in [7, 11) is 0. The zero-order valence-electron chi connectivity index (χ0n) is 40.5. The summed E-state index contributed by atoms with van der Waals surface area (Å²) in [4.78, 5) is 2.31. The molecule has 2 aliphatic rings. The second kappa shape index (κ2) is 19.0. The molecule has 2 nitrogen and oxygen atoms in total. The van der Waals surface area contributed by atoms with Gasteiger partial charge in [0.25, 0.3) is 0 Å². The van der Waals surface area contributed by atoms with Crippen molar-refractivity contribution in [2.45, 2.75) is 52.9 Å². The number of rotatable bonds is 8. The molecule has 0 amide bonds. The number of allylic oxidation sites excluding steroid dienone is 4. The highest BCUT2D eigenvalue weighted by molar-refractivity contribution is 5.83. The van der Waals surface area contributed by atoms with Gasteiger partial charge in [0.05, 0.1) is 5.41 Å². The average Bonchev–Trinajstić information content (AvgIpc) is 3.67. The summed E-state index contributed by atoms with van der Waals surface area (Å²) in [5, 5.41) is 10.5. The van der Waals surface area contributed by atoms with Crippen molar-refractivity contribution < 1.29 is 5.11 Å². The monoisotopic (exact) mass is 893 g/mol. The van der Waals surface area contributed by atoms with Crippen LogP contribution in [0.3, 0.4) is 0 Å². The molecule has 0 fully saturated rings. The van der Waals surface area contributed by atoms with Crippen LogP contribution >= 0.6 is 0 Å². The van der Waals surface area contributed by atoms with Gasteiger partial charge in [0.2, 0.25) is 0 Å². The lowest BCUT2D eigenvalue weighted by Crippen LogP contribution is -2.35. The SMILES string of the molecule is Cc1ccc(N(c2ccc(-c3ccccc3)cc2)c2ccc(-c3cc(-c4cc(O)c(C)cc4C)c(C)cc3C)cc2)cc1.Cc1ccc2c(c1)C(c1ccccc1)(c1ccccc1)C1C=CC=CC21. The van der Waals surface area contributed by atoms with Gasteiger partial charge >= 0.3 is 0 Å². The van der Waals surface area contributed by atoms with Crippen molar-refractivity contribution in [3.63, 3.8) is 0 Å². The maximum absolute atomic E-state index is 10.5. The van der Waals surface area contributed by atoms with E-state index >= 15 is 0 Å². The molecule has 9 aromatic carbocycles. The van der Waals surface area contributed by atoms with Gasteiger partial charge in [0.15, 0.2) is 0 Å². The number of phenolic OH excluding ortho intramolecular Hbond substituents is 1. The normalized spacial score (nSPS) is 15.2. The Hall–Kier alpha value is -7.94. The fraction of sp³-hybridized carbons (Fsp3) is 0.134. The van der Waals surface area contributed by atoms with Gasteiger partial charge in [0, 0.05) is 28.9 Å². The van der Waals surface area contributed by atoms with Gasteiger partial charge in [-0.15, -0.1) is 0 Å². The third kappa shape index (κ3) is 8.53. The van der Waals surface area contributed by atoms with Crippen molar-refractivity contribution in [3.8, 4) is 39.1 Å². The molecule has 0 radical (unpaired) electrons. The molecule has 69 heavy (non-hydrogen) atoms. The minimum atomic E-state index is -0.143. The molecule has 0 heterocycles. The van der Waals surface area contributed by atoms with Crippen LogP contribution in [0, 0.1) is 47.5 Å². The molecular weight excluding hydrogens is 835 g/mol. The molecule has 9 aromatic rings. The Morgan fingerprint density at radius 1 is 0.391 bits per heavy atom. The van der Waals surface area contributed by atoms with Crippen LogP contribution in [0.4, 0.5) is 17.1 Å². The minimum Gasteiger partial charge on any atom is -0.508 e. The molecule has 0 spiro atoms. The Kier molecular flexibility index (Phi) is 12.3. The maximum atomic E-state index is 10.5. The first-order valence-corrected chi connectivity index (χ1v) is 24.2. The lowest BCUT2D eigenvalue weighted by Gasteiger charge is -2.38. The van der Waals surface area contributed by atoms with Gasteiger partial charge in [-0.2, -0.15) is 0 Å². The van der Waals surface area contributed by atoms with Crippen LogP contribution in [0.5, 0.6) is 5.75 Å². The van der Waals surface area contributed by atoms with Crippen LogP contribution in [-0.4, -0.2) is 5.11 Å². The topological polar surface area (TPSA) is 23.5 Å². The number of aryl methyl sites for hydroxylation is 6. The molecule has 2 atom stereocenters. The van der Waals surface area contributed by atoms with Crippen LogP contribution in [-0.2, 0) is 5.41 Å². The van der Waals surface area contributed by atoms with E-state index in [1.807, 2.05) is 19.1 Å². The number of hydrogen-bond acceptors (Lipinski definition) is 2. The van der Waals surface area contributed by atoms with E-state index in [-0.39, 0.29) is 5.41 Å². The molecule has 2 heteroatoms. The van der Waals surface area contributed by atoms with Crippen molar-refractivity contribution in [2.24, 2.45) is 5.92 Å². The first-order valence-electron chi connectivity index (χ1n) is 24.2. The molecule has 0 aliphatic heterocycles. The second-order valence-electron chi connectivity index (χ2n) is 19.0. The molecule has 0 bridgehead atoms. The highest BCUT2D eigenvalue weighted by Crippen LogP contribution is 2.59. The Balaban J connectivity index is 0.000000180. The summed E-state index contributed by atoms with van der Waals surface area (Å²) in [6.45, 7) is 12.7. The zero-order chi connectivity index (χ0) is 47.6. The van der Waals surface area contributed by atoms with Crippen molar-refractivity contribution in [1.29, 1.82) is 0 Å². The van der Waals surface area contributed by atoms with E-state index in [9.17, 15) is 5.11 Å². The van der Waals surface area contributed by atoms with Crippen LogP contribution in [0.1, 0.15) is 61.6 Å². The third-order valence-electron chi connectivity index (χ3n) is 14.5. The predicted molar refractivity (Wildman–Crippen MR) is 291 cm³/mol. The largest absolute Gasteiger partial charge is 0.508 e. The molecule has 0 saturated heterocycles. The second-order valence-corrected chi connectivity index (χ2v) is 19.0. The molecule has 2 aliphatic carbocycles. The molecule has 2 unspecified atom stereocenters. The van der Waals surface area contributed by atoms with Gasteiger partial charge in [-0.25, -0.2) is 0 Å². The molecular formula is C67H59NO. The van der Waals surface area contributed by atoms with Crippen molar-refractivity contribution in [3.05, 3.63) is 286 Å². The molecule has 0 aromatic heterocycles. The van der Waals surface area contributed by atoms with E-state index in [1.165, 1.54) is 66.8 Å². The molecule has 11 rings (SSSR count). The van der Waals surface area contributed by atoms with Crippen LogP contribution in [0.15, 0.2) is 231 Å². The summed E-state index contributed by atoms with van der Waals surface area (Å²) in [5.41, 5.74) is 22.9. The van der Waals surface area contributed by atoms with Gasteiger partial charge in [-0.05, 0) is 168 Å². The molecule has 1 N–H and O–H groups in total. The van der Waals surface area contributed by atoms with Crippen LogP contribution in [0.25, 0.3) is 33.4 Å². The first-order chi connectivity index (χ1) is 33.6. The van der Waals surface area contributed by atoms with E-state index in [0.717, 1.165) is 39.3 Å².